The van der Waals surface area contributed by atoms with Gasteiger partial charge in [-0.25, -0.2) is 0 Å². The van der Waals surface area contributed by atoms with Crippen molar-refractivity contribution in [3.63, 3.8) is 0 Å². The van der Waals surface area contributed by atoms with Crippen molar-refractivity contribution >= 4 is 5.91 Å². The zero-order valence-corrected chi connectivity index (χ0v) is 40.3. The Bertz CT molecular complexity index is 1240. The van der Waals surface area contributed by atoms with E-state index in [2.05, 4.69) is 129 Å². The Morgan fingerprint density at radius 1 is 0.403 bits per heavy atom. The molecule has 4 heteroatoms. The number of rotatable bonds is 45. The molecule has 62 heavy (non-hydrogen) atoms. The van der Waals surface area contributed by atoms with Gasteiger partial charge in [-0.1, -0.05) is 238 Å². The molecular formula is C58H97NO3. The Labute approximate surface area is 384 Å². The van der Waals surface area contributed by atoms with E-state index in [0.717, 1.165) is 83.5 Å². The maximum atomic E-state index is 12.4. The van der Waals surface area contributed by atoms with Gasteiger partial charge in [-0.15, -0.1) is 0 Å². The van der Waals surface area contributed by atoms with E-state index in [0.29, 0.717) is 6.42 Å². The molecule has 0 spiro atoms. The number of aliphatic hydroxyl groups excluding tert-OH is 2. The summed E-state index contributed by atoms with van der Waals surface area (Å²) in [6, 6.07) is -0.644. The lowest BCUT2D eigenvalue weighted by Crippen LogP contribution is -2.45. The summed E-state index contributed by atoms with van der Waals surface area (Å²) in [6.07, 6.45) is 80.6. The molecule has 4 nitrogen and oxygen atoms in total. The molecule has 0 radical (unpaired) electrons. The monoisotopic (exact) mass is 856 g/mol. The molecule has 0 aromatic rings. The van der Waals surface area contributed by atoms with Crippen LogP contribution < -0.4 is 5.32 Å². The topological polar surface area (TPSA) is 69.6 Å². The maximum absolute atomic E-state index is 12.4. The number of hydrogen-bond acceptors (Lipinski definition) is 3. The summed E-state index contributed by atoms with van der Waals surface area (Å²) < 4.78 is 0. The van der Waals surface area contributed by atoms with Crippen LogP contribution in [0.2, 0.25) is 0 Å². The van der Waals surface area contributed by atoms with Crippen LogP contribution in [0.3, 0.4) is 0 Å². The standard InChI is InChI=1S/C58H97NO3/c1-3-5-7-9-11-13-15-16-17-18-19-20-21-22-23-24-25-26-27-28-29-30-31-32-33-34-35-36-37-38-39-40-41-42-44-46-48-50-52-54-58(62)59-56(55-60)57(61)53-51-49-47-45-43-14-12-10-8-6-4-2/h5,7,11,13,16-17,19-20,22-23,25-26,28-29,31-32,43,45,51,53,56-57,60-61H,3-4,6,8-10,12,14-15,18,21,24,27,30,33-42,44,46-50,52,54-55H2,1-2H3,(H,59,62)/b7-5-,13-11-,17-16-,20-19-,23-22-,26-25-,29-28-,32-31-,45-43+,53-51+. The lowest BCUT2D eigenvalue weighted by molar-refractivity contribution is -0.123. The van der Waals surface area contributed by atoms with Crippen molar-refractivity contribution in [1.82, 2.24) is 5.32 Å². The van der Waals surface area contributed by atoms with Crippen molar-refractivity contribution in [2.75, 3.05) is 6.61 Å². The van der Waals surface area contributed by atoms with Crippen molar-refractivity contribution in [3.05, 3.63) is 122 Å². The third-order valence-electron chi connectivity index (χ3n) is 10.9. The first-order valence-corrected chi connectivity index (χ1v) is 25.7. The van der Waals surface area contributed by atoms with Gasteiger partial charge in [-0.2, -0.15) is 0 Å². The first kappa shape index (κ1) is 58.8. The minimum absolute atomic E-state index is 0.0810. The predicted molar refractivity (Wildman–Crippen MR) is 276 cm³/mol. The van der Waals surface area contributed by atoms with Crippen LogP contribution in [-0.2, 0) is 4.79 Å². The summed E-state index contributed by atoms with van der Waals surface area (Å²) in [5.74, 6) is -0.0810. The van der Waals surface area contributed by atoms with E-state index in [1.807, 2.05) is 6.08 Å². The Morgan fingerprint density at radius 2 is 0.726 bits per heavy atom. The average molecular weight is 856 g/mol. The van der Waals surface area contributed by atoms with E-state index < -0.39 is 12.1 Å². The minimum Gasteiger partial charge on any atom is -0.394 e. The van der Waals surface area contributed by atoms with Gasteiger partial charge in [0.1, 0.15) is 0 Å². The normalized spacial score (nSPS) is 13.9. The molecule has 0 fully saturated rings. The molecule has 0 heterocycles. The Hall–Kier alpha value is -3.21. The minimum atomic E-state index is -0.866. The molecule has 2 atom stereocenters. The average Bonchev–Trinajstić information content (AvgIpc) is 3.28. The van der Waals surface area contributed by atoms with Crippen molar-refractivity contribution < 1.29 is 15.0 Å². The SMILES string of the molecule is CC/C=C\C/C=C\C/C=C\C/C=C\C/C=C\C/C=C\C/C=C\C/C=C\CCCCCCCCCCCCCCCCC(=O)NC(CO)C(O)/C=C/CC/C=C/CCCCCCC. The lowest BCUT2D eigenvalue weighted by atomic mass is 10.0. The highest BCUT2D eigenvalue weighted by Gasteiger charge is 2.17. The molecular weight excluding hydrogens is 759 g/mol. The molecule has 2 unspecified atom stereocenters. The molecule has 0 bridgehead atoms. The number of aliphatic hydroxyl groups is 2. The highest BCUT2D eigenvalue weighted by Crippen LogP contribution is 2.14. The number of nitrogens with one attached hydrogen (secondary N) is 1. The second kappa shape index (κ2) is 52.1. The van der Waals surface area contributed by atoms with Crippen LogP contribution in [0.1, 0.15) is 219 Å². The second-order valence-electron chi connectivity index (χ2n) is 16.8. The molecule has 0 rings (SSSR count). The smallest absolute Gasteiger partial charge is 0.220 e. The van der Waals surface area contributed by atoms with Crippen LogP contribution >= 0.6 is 0 Å². The Kier molecular flexibility index (Phi) is 49.4. The highest BCUT2D eigenvalue weighted by molar-refractivity contribution is 5.76. The van der Waals surface area contributed by atoms with Crippen LogP contribution in [0.4, 0.5) is 0 Å². The quantitative estimate of drug-likeness (QED) is 0.0422. The number of hydrogen-bond donors (Lipinski definition) is 3. The molecule has 0 aliphatic heterocycles. The number of amides is 1. The van der Waals surface area contributed by atoms with Gasteiger partial charge >= 0.3 is 0 Å². The summed E-state index contributed by atoms with van der Waals surface area (Å²) in [5.41, 5.74) is 0. The summed E-state index contributed by atoms with van der Waals surface area (Å²) in [5, 5.41) is 22.9. The van der Waals surface area contributed by atoms with Crippen LogP contribution in [0.25, 0.3) is 0 Å². The van der Waals surface area contributed by atoms with Gasteiger partial charge in [0.05, 0.1) is 18.8 Å². The van der Waals surface area contributed by atoms with Crippen LogP contribution in [0.15, 0.2) is 122 Å². The summed E-state index contributed by atoms with van der Waals surface area (Å²) in [4.78, 5) is 12.4. The third-order valence-corrected chi connectivity index (χ3v) is 10.9. The van der Waals surface area contributed by atoms with Gasteiger partial charge in [0.2, 0.25) is 5.91 Å². The largest absolute Gasteiger partial charge is 0.394 e. The molecule has 0 aromatic carbocycles. The van der Waals surface area contributed by atoms with Gasteiger partial charge in [0.15, 0.2) is 0 Å². The highest BCUT2D eigenvalue weighted by atomic mass is 16.3. The van der Waals surface area contributed by atoms with E-state index in [9.17, 15) is 15.0 Å². The predicted octanol–water partition coefficient (Wildman–Crippen LogP) is 16.9. The molecule has 352 valence electrons. The zero-order chi connectivity index (χ0) is 44.9. The van der Waals surface area contributed by atoms with Crippen molar-refractivity contribution in [2.45, 2.75) is 231 Å². The fourth-order valence-electron chi connectivity index (χ4n) is 7.03. The van der Waals surface area contributed by atoms with Crippen molar-refractivity contribution in [1.29, 1.82) is 0 Å². The molecule has 0 saturated heterocycles. The fourth-order valence-corrected chi connectivity index (χ4v) is 7.03. The van der Waals surface area contributed by atoms with E-state index in [4.69, 9.17) is 0 Å². The number of unbranched alkanes of at least 4 members (excludes halogenated alkanes) is 20. The van der Waals surface area contributed by atoms with Gasteiger partial charge in [-0.05, 0) is 96.3 Å². The summed E-state index contributed by atoms with van der Waals surface area (Å²) in [7, 11) is 0. The Balaban J connectivity index is 3.56. The lowest BCUT2D eigenvalue weighted by Gasteiger charge is -2.19. The molecule has 0 saturated carbocycles. The summed E-state index contributed by atoms with van der Waals surface area (Å²) in [6.45, 7) is 4.14. The summed E-state index contributed by atoms with van der Waals surface area (Å²) >= 11 is 0. The van der Waals surface area contributed by atoms with Crippen molar-refractivity contribution in [3.8, 4) is 0 Å². The molecule has 0 aliphatic carbocycles. The first-order valence-electron chi connectivity index (χ1n) is 25.7. The maximum Gasteiger partial charge on any atom is 0.220 e. The first-order chi connectivity index (χ1) is 30.7. The molecule has 1 amide bonds. The van der Waals surface area contributed by atoms with Gasteiger partial charge in [-0.3, -0.25) is 4.79 Å². The Morgan fingerprint density at radius 3 is 1.13 bits per heavy atom. The molecule has 0 aliphatic rings. The van der Waals surface area contributed by atoms with E-state index >= 15 is 0 Å². The van der Waals surface area contributed by atoms with Gasteiger partial charge in [0.25, 0.3) is 0 Å². The van der Waals surface area contributed by atoms with E-state index in [1.165, 1.54) is 116 Å². The molecule has 3 N–H and O–H groups in total. The number of carbonyl (C=O) groups is 1. The third kappa shape index (κ3) is 47.8. The zero-order valence-electron chi connectivity index (χ0n) is 40.3. The number of allylic oxidation sites excluding steroid dienone is 19. The fraction of sp³-hybridized carbons (Fsp3) is 0.638. The van der Waals surface area contributed by atoms with Crippen LogP contribution in [0.5, 0.6) is 0 Å². The second-order valence-corrected chi connectivity index (χ2v) is 16.8. The van der Waals surface area contributed by atoms with Gasteiger partial charge in [0, 0.05) is 6.42 Å². The molecule has 0 aromatic heterocycles. The van der Waals surface area contributed by atoms with Gasteiger partial charge < -0.3 is 15.5 Å². The van der Waals surface area contributed by atoms with Crippen molar-refractivity contribution in [2.24, 2.45) is 0 Å². The number of carbonyl (C=O) groups excluding carboxylic acids is 1. The van der Waals surface area contributed by atoms with Crippen LogP contribution in [0, 0.1) is 0 Å². The van der Waals surface area contributed by atoms with E-state index in [1.54, 1.807) is 6.08 Å². The van der Waals surface area contributed by atoms with Crippen LogP contribution in [-0.4, -0.2) is 34.9 Å². The van der Waals surface area contributed by atoms with E-state index in [-0.39, 0.29) is 12.5 Å².